The number of rotatable bonds is 4. The zero-order valence-corrected chi connectivity index (χ0v) is 15.8. The lowest BCUT2D eigenvalue weighted by Crippen LogP contribution is -2.22. The molecule has 5 unspecified atom stereocenters. The average molecular weight is 353 g/mol. The highest BCUT2D eigenvalue weighted by Gasteiger charge is 2.41. The van der Waals surface area contributed by atoms with Gasteiger partial charge in [0.15, 0.2) is 0 Å². The van der Waals surface area contributed by atoms with Crippen LogP contribution in [0.3, 0.4) is 0 Å². The number of halogens is 1. The number of hydrogen-bond acceptors (Lipinski definition) is 1. The van der Waals surface area contributed by atoms with Crippen LogP contribution in [0, 0.1) is 11.8 Å². The van der Waals surface area contributed by atoms with Gasteiger partial charge < -0.3 is 4.74 Å². The molecule has 1 aromatic rings. The summed E-state index contributed by atoms with van der Waals surface area (Å²) in [7, 11) is 0. The highest BCUT2D eigenvalue weighted by molar-refractivity contribution is 9.09. The van der Waals surface area contributed by atoms with Gasteiger partial charge in [-0.05, 0) is 42.7 Å². The second kappa shape index (κ2) is 6.42. The van der Waals surface area contributed by atoms with Gasteiger partial charge in [0.2, 0.25) is 0 Å². The van der Waals surface area contributed by atoms with Gasteiger partial charge >= 0.3 is 0 Å². The van der Waals surface area contributed by atoms with Crippen molar-refractivity contribution in [3.05, 3.63) is 35.4 Å². The maximum Gasteiger partial charge on any atom is 0.0596 e. The second-order valence-corrected chi connectivity index (χ2v) is 8.23. The molecule has 1 aliphatic rings. The number of benzene rings is 1. The lowest BCUT2D eigenvalue weighted by atomic mass is 9.80. The molecule has 0 aromatic heterocycles. The summed E-state index contributed by atoms with van der Waals surface area (Å²) in [6.45, 7) is 13.6. The van der Waals surface area contributed by atoms with Gasteiger partial charge in [0.05, 0.1) is 12.2 Å². The highest BCUT2D eigenvalue weighted by atomic mass is 79.9. The van der Waals surface area contributed by atoms with Crippen LogP contribution in [0.5, 0.6) is 0 Å². The van der Waals surface area contributed by atoms with E-state index in [1.54, 1.807) is 0 Å². The van der Waals surface area contributed by atoms with Gasteiger partial charge in [-0.3, -0.25) is 0 Å². The Kier molecular flexibility index (Phi) is 5.20. The predicted octanol–water partition coefficient (Wildman–Crippen LogP) is 5.87. The predicted molar refractivity (Wildman–Crippen MR) is 94.1 cm³/mol. The molecule has 1 saturated heterocycles. The smallest absolute Gasteiger partial charge is 0.0596 e. The molecule has 0 radical (unpaired) electrons. The van der Waals surface area contributed by atoms with Crippen LogP contribution >= 0.6 is 15.9 Å². The Bertz CT molecular complexity index is 465. The number of ether oxygens (including phenoxy) is 1. The first-order chi connectivity index (χ1) is 9.77. The maximum absolute atomic E-state index is 5.99. The van der Waals surface area contributed by atoms with E-state index in [1.807, 2.05) is 0 Å². The van der Waals surface area contributed by atoms with E-state index in [0.717, 1.165) is 6.42 Å². The first-order valence-electron chi connectivity index (χ1n) is 8.18. The van der Waals surface area contributed by atoms with Crippen molar-refractivity contribution in [2.75, 3.05) is 0 Å². The molecule has 118 valence electrons. The molecule has 0 N–H and O–H groups in total. The molecule has 2 heteroatoms. The Morgan fingerprint density at radius 3 is 2.10 bits per heavy atom. The zero-order valence-electron chi connectivity index (χ0n) is 14.2. The van der Waals surface area contributed by atoms with Gasteiger partial charge in [-0.2, -0.15) is 0 Å². The largest absolute Gasteiger partial charge is 0.375 e. The first-order valence-corrected chi connectivity index (χ1v) is 9.09. The minimum atomic E-state index is 0.256. The van der Waals surface area contributed by atoms with E-state index >= 15 is 0 Å². The summed E-state index contributed by atoms with van der Waals surface area (Å²) in [5.41, 5.74) is 3.05. The summed E-state index contributed by atoms with van der Waals surface area (Å²) in [5.74, 6) is 1.11. The molecule has 5 atom stereocenters. The molecule has 0 amide bonds. The Morgan fingerprint density at radius 1 is 1.10 bits per heavy atom. The molecular weight excluding hydrogens is 324 g/mol. The molecule has 1 aromatic carbocycles. The lowest BCUT2D eigenvalue weighted by molar-refractivity contribution is 0.0511. The molecule has 0 bridgehead atoms. The molecule has 1 nitrogen and oxygen atoms in total. The summed E-state index contributed by atoms with van der Waals surface area (Å²) in [6, 6.07) is 9.16. The van der Waals surface area contributed by atoms with Gasteiger partial charge in [0.25, 0.3) is 0 Å². The lowest BCUT2D eigenvalue weighted by Gasteiger charge is -2.27. The molecular formula is C19H29BrO. The summed E-state index contributed by atoms with van der Waals surface area (Å²) in [4.78, 5) is 0.367. The average Bonchev–Trinajstić information content (AvgIpc) is 2.71. The molecule has 2 rings (SSSR count). The van der Waals surface area contributed by atoms with Crippen molar-refractivity contribution in [1.82, 2.24) is 0 Å². The van der Waals surface area contributed by atoms with Crippen LogP contribution in [0.2, 0.25) is 0 Å². The third kappa shape index (κ3) is 3.37. The number of hydrogen-bond donors (Lipinski definition) is 0. The third-order valence-electron chi connectivity index (χ3n) is 5.55. The maximum atomic E-state index is 5.99. The van der Waals surface area contributed by atoms with Crippen molar-refractivity contribution >= 4 is 15.9 Å². The summed E-state index contributed by atoms with van der Waals surface area (Å²) < 4.78 is 5.99. The molecule has 1 aliphatic heterocycles. The van der Waals surface area contributed by atoms with E-state index in [0.29, 0.717) is 28.9 Å². The van der Waals surface area contributed by atoms with Crippen LogP contribution in [0.15, 0.2) is 24.3 Å². The minimum absolute atomic E-state index is 0.256. The van der Waals surface area contributed by atoms with Crippen LogP contribution < -0.4 is 0 Å². The molecule has 0 saturated carbocycles. The normalized spacial score (nSPS) is 31.4. The Hall–Kier alpha value is -0.340. The molecule has 0 aliphatic carbocycles. The summed E-state index contributed by atoms with van der Waals surface area (Å²) in [6.07, 6.45) is 1.82. The standard InChI is InChI=1S/C19H29BrO/c1-7-19(5,6)16-10-8-15(9-11-16)18(20)17-12(2)13(3)21-14(17)4/h8-14,17-18H,7H2,1-6H3. The fourth-order valence-corrected chi connectivity index (χ4v) is 4.56. The fourth-order valence-electron chi connectivity index (χ4n) is 3.34. The van der Waals surface area contributed by atoms with Crippen molar-refractivity contribution in [2.45, 2.75) is 70.4 Å². The van der Waals surface area contributed by atoms with Gasteiger partial charge in [-0.1, -0.05) is 67.9 Å². The van der Waals surface area contributed by atoms with Crippen LogP contribution in [0.25, 0.3) is 0 Å². The van der Waals surface area contributed by atoms with Crippen LogP contribution in [0.1, 0.15) is 63.9 Å². The third-order valence-corrected chi connectivity index (χ3v) is 6.69. The van der Waals surface area contributed by atoms with Crippen molar-refractivity contribution in [3.63, 3.8) is 0 Å². The highest BCUT2D eigenvalue weighted by Crippen LogP contribution is 2.45. The van der Waals surface area contributed by atoms with E-state index in [9.17, 15) is 0 Å². The SMILES string of the molecule is CCC(C)(C)c1ccc(C(Br)C2C(C)OC(C)C2C)cc1. The second-order valence-electron chi connectivity index (χ2n) is 7.24. The van der Waals surface area contributed by atoms with E-state index < -0.39 is 0 Å². The van der Waals surface area contributed by atoms with E-state index in [4.69, 9.17) is 4.74 Å². The Morgan fingerprint density at radius 2 is 1.67 bits per heavy atom. The zero-order chi connectivity index (χ0) is 15.8. The van der Waals surface area contributed by atoms with E-state index in [1.165, 1.54) is 11.1 Å². The monoisotopic (exact) mass is 352 g/mol. The first kappa shape index (κ1) is 17.0. The summed E-state index contributed by atoms with van der Waals surface area (Å²) >= 11 is 3.93. The van der Waals surface area contributed by atoms with Crippen molar-refractivity contribution in [1.29, 1.82) is 0 Å². The van der Waals surface area contributed by atoms with Crippen LogP contribution in [-0.2, 0) is 10.2 Å². The summed E-state index contributed by atoms with van der Waals surface area (Å²) in [5, 5.41) is 0. The van der Waals surface area contributed by atoms with E-state index in [-0.39, 0.29) is 5.41 Å². The van der Waals surface area contributed by atoms with Crippen LogP contribution in [0.4, 0.5) is 0 Å². The topological polar surface area (TPSA) is 9.23 Å². The van der Waals surface area contributed by atoms with Gasteiger partial charge in [0.1, 0.15) is 0 Å². The van der Waals surface area contributed by atoms with Crippen LogP contribution in [-0.4, -0.2) is 12.2 Å². The van der Waals surface area contributed by atoms with Gasteiger partial charge in [-0.15, -0.1) is 0 Å². The molecule has 0 spiro atoms. The minimum Gasteiger partial charge on any atom is -0.375 e. The van der Waals surface area contributed by atoms with Gasteiger partial charge in [-0.25, -0.2) is 0 Å². The molecule has 1 heterocycles. The van der Waals surface area contributed by atoms with Crippen molar-refractivity contribution < 1.29 is 4.74 Å². The Labute approximate surface area is 138 Å². The number of alkyl halides is 1. The quantitative estimate of drug-likeness (QED) is 0.615. The van der Waals surface area contributed by atoms with Gasteiger partial charge in [0, 0.05) is 10.7 Å². The Balaban J connectivity index is 2.19. The van der Waals surface area contributed by atoms with E-state index in [2.05, 4.69) is 81.7 Å². The van der Waals surface area contributed by atoms with Crippen molar-refractivity contribution in [2.24, 2.45) is 11.8 Å². The van der Waals surface area contributed by atoms with Crippen molar-refractivity contribution in [3.8, 4) is 0 Å². The fraction of sp³-hybridized carbons (Fsp3) is 0.684. The molecule has 21 heavy (non-hydrogen) atoms. The molecule has 1 fully saturated rings.